The van der Waals surface area contributed by atoms with Crippen molar-refractivity contribution >= 4 is 23.8 Å². The molecule has 0 aliphatic heterocycles. The highest BCUT2D eigenvalue weighted by molar-refractivity contribution is 5.85. The molecule has 5 aromatic rings. The standard InChI is InChI=1S/C39H37FN4O7/c1-5-48-36(45)33(42-37(46)49-22-31-28-12-8-6-10-26(28)27-11-7-9-13-29(27)31)21-23-14-19-30(32(40)20-23)34-43-35(51-44-34)24-15-17-25(18-16-24)41-38(47)50-39(2,3)4/h6-20,31,33H,5,21-22H2,1-4H3,(H,41,47)(H,42,46). The summed E-state index contributed by atoms with van der Waals surface area (Å²) in [6.45, 7) is 7.13. The Labute approximate surface area is 294 Å². The highest BCUT2D eigenvalue weighted by atomic mass is 19.1. The summed E-state index contributed by atoms with van der Waals surface area (Å²) in [7, 11) is 0. The first-order chi connectivity index (χ1) is 24.5. The third-order valence-corrected chi connectivity index (χ3v) is 8.12. The van der Waals surface area contributed by atoms with Crippen molar-refractivity contribution < 1.29 is 37.5 Å². The highest BCUT2D eigenvalue weighted by Crippen LogP contribution is 2.44. The van der Waals surface area contributed by atoms with Crippen LogP contribution in [-0.2, 0) is 25.4 Å². The molecule has 1 atom stereocenters. The average Bonchev–Trinajstić information content (AvgIpc) is 3.70. The van der Waals surface area contributed by atoms with Gasteiger partial charge in [-0.05, 0) is 91.9 Å². The van der Waals surface area contributed by atoms with E-state index in [0.29, 0.717) is 16.8 Å². The molecular formula is C39H37FN4O7. The van der Waals surface area contributed by atoms with Crippen molar-refractivity contribution in [2.24, 2.45) is 0 Å². The van der Waals surface area contributed by atoms with Crippen LogP contribution in [0.3, 0.4) is 0 Å². The molecule has 0 saturated heterocycles. The summed E-state index contributed by atoms with van der Waals surface area (Å²) < 4.78 is 36.9. The van der Waals surface area contributed by atoms with Crippen LogP contribution < -0.4 is 10.6 Å². The Bertz CT molecular complexity index is 2010. The number of carbonyl (C=O) groups excluding carboxylic acids is 3. The number of nitrogens with zero attached hydrogens (tertiary/aromatic N) is 2. The molecule has 1 aliphatic carbocycles. The number of fused-ring (bicyclic) bond motifs is 3. The molecule has 51 heavy (non-hydrogen) atoms. The number of anilines is 1. The number of nitrogens with one attached hydrogen (secondary N) is 2. The molecule has 0 fully saturated rings. The van der Waals surface area contributed by atoms with Crippen LogP contribution in [0.25, 0.3) is 34.0 Å². The van der Waals surface area contributed by atoms with Crippen molar-refractivity contribution in [3.05, 3.63) is 114 Å². The molecule has 1 heterocycles. The maximum Gasteiger partial charge on any atom is 0.412 e. The third-order valence-electron chi connectivity index (χ3n) is 8.12. The summed E-state index contributed by atoms with van der Waals surface area (Å²) in [5, 5.41) is 9.19. The van der Waals surface area contributed by atoms with Gasteiger partial charge in [-0.1, -0.05) is 59.8 Å². The van der Waals surface area contributed by atoms with Crippen LogP contribution in [-0.4, -0.2) is 53.2 Å². The number of hydrogen-bond donors (Lipinski definition) is 2. The Morgan fingerprint density at radius 2 is 1.53 bits per heavy atom. The van der Waals surface area contributed by atoms with E-state index in [1.807, 2.05) is 48.5 Å². The summed E-state index contributed by atoms with van der Waals surface area (Å²) in [4.78, 5) is 42.3. The Morgan fingerprint density at radius 1 is 0.863 bits per heavy atom. The fourth-order valence-electron chi connectivity index (χ4n) is 5.89. The van der Waals surface area contributed by atoms with Gasteiger partial charge in [-0.25, -0.2) is 18.8 Å². The molecule has 4 aromatic carbocycles. The first kappa shape index (κ1) is 34.8. The monoisotopic (exact) mass is 692 g/mol. The van der Waals surface area contributed by atoms with E-state index >= 15 is 4.39 Å². The molecule has 1 aliphatic rings. The molecule has 262 valence electrons. The fourth-order valence-corrected chi connectivity index (χ4v) is 5.89. The predicted molar refractivity (Wildman–Crippen MR) is 187 cm³/mol. The first-order valence-corrected chi connectivity index (χ1v) is 16.5. The Morgan fingerprint density at radius 3 is 2.16 bits per heavy atom. The van der Waals surface area contributed by atoms with Gasteiger partial charge in [0.1, 0.15) is 24.1 Å². The number of carbonyl (C=O) groups is 3. The van der Waals surface area contributed by atoms with Gasteiger partial charge in [-0.2, -0.15) is 4.98 Å². The maximum absolute atomic E-state index is 15.4. The third kappa shape index (κ3) is 8.23. The van der Waals surface area contributed by atoms with Crippen LogP contribution in [0.4, 0.5) is 19.7 Å². The number of ether oxygens (including phenoxy) is 3. The minimum atomic E-state index is -1.13. The quantitative estimate of drug-likeness (QED) is 0.110. The SMILES string of the molecule is CCOC(=O)C(Cc1ccc(-c2noc(-c3ccc(NC(=O)OC(C)(C)C)cc3)n2)c(F)c1)NC(=O)OCC1c2ccccc2-c2ccccc21. The summed E-state index contributed by atoms with van der Waals surface area (Å²) in [6, 6.07) is 25.8. The van der Waals surface area contributed by atoms with E-state index in [1.54, 1.807) is 58.0 Å². The van der Waals surface area contributed by atoms with Crippen molar-refractivity contribution in [1.29, 1.82) is 0 Å². The van der Waals surface area contributed by atoms with E-state index in [-0.39, 0.29) is 42.8 Å². The number of aromatic nitrogens is 2. The molecule has 0 radical (unpaired) electrons. The molecule has 11 nitrogen and oxygen atoms in total. The van der Waals surface area contributed by atoms with Crippen molar-refractivity contribution in [2.45, 2.75) is 51.7 Å². The largest absolute Gasteiger partial charge is 0.464 e. The van der Waals surface area contributed by atoms with E-state index in [2.05, 4.69) is 20.8 Å². The second-order valence-electron chi connectivity index (χ2n) is 12.9. The van der Waals surface area contributed by atoms with Gasteiger partial charge < -0.3 is 24.1 Å². The molecule has 1 unspecified atom stereocenters. The molecular weight excluding hydrogens is 655 g/mol. The van der Waals surface area contributed by atoms with Crippen LogP contribution in [0.2, 0.25) is 0 Å². The van der Waals surface area contributed by atoms with E-state index in [9.17, 15) is 14.4 Å². The van der Waals surface area contributed by atoms with E-state index in [1.165, 1.54) is 12.1 Å². The van der Waals surface area contributed by atoms with Crippen LogP contribution >= 0.6 is 0 Å². The lowest BCUT2D eigenvalue weighted by Crippen LogP contribution is -2.44. The normalized spacial score (nSPS) is 12.7. The van der Waals surface area contributed by atoms with Gasteiger partial charge in [0.2, 0.25) is 5.82 Å². The average molecular weight is 693 g/mol. The number of esters is 1. The van der Waals surface area contributed by atoms with E-state index in [0.717, 1.165) is 22.3 Å². The van der Waals surface area contributed by atoms with Crippen molar-refractivity contribution in [3.63, 3.8) is 0 Å². The molecule has 0 spiro atoms. The smallest absolute Gasteiger partial charge is 0.412 e. The zero-order valence-corrected chi connectivity index (χ0v) is 28.6. The van der Waals surface area contributed by atoms with Gasteiger partial charge in [0.15, 0.2) is 0 Å². The van der Waals surface area contributed by atoms with Gasteiger partial charge in [-0.3, -0.25) is 5.32 Å². The van der Waals surface area contributed by atoms with E-state index in [4.69, 9.17) is 18.7 Å². The molecule has 6 rings (SSSR count). The van der Waals surface area contributed by atoms with Crippen LogP contribution in [0.5, 0.6) is 0 Å². The van der Waals surface area contributed by atoms with Crippen LogP contribution in [0.1, 0.15) is 50.3 Å². The Hall–Kier alpha value is -6.04. The number of benzene rings is 4. The zero-order valence-electron chi connectivity index (χ0n) is 28.6. The topological polar surface area (TPSA) is 142 Å². The summed E-state index contributed by atoms with van der Waals surface area (Å²) in [5.41, 5.74) is 5.23. The number of alkyl carbamates (subject to hydrolysis) is 1. The van der Waals surface area contributed by atoms with Crippen molar-refractivity contribution in [3.8, 4) is 34.0 Å². The number of halogens is 1. The van der Waals surface area contributed by atoms with Crippen molar-refractivity contribution in [2.75, 3.05) is 18.5 Å². The van der Waals surface area contributed by atoms with Crippen LogP contribution in [0.15, 0.2) is 95.5 Å². The van der Waals surface area contributed by atoms with Gasteiger partial charge in [0.05, 0.1) is 12.2 Å². The Balaban J connectivity index is 1.10. The fraction of sp³-hybridized carbons (Fsp3) is 0.256. The second kappa shape index (κ2) is 14.8. The summed E-state index contributed by atoms with van der Waals surface area (Å²) in [5.74, 6) is -1.32. The minimum absolute atomic E-state index is 0.0173. The minimum Gasteiger partial charge on any atom is -0.464 e. The lowest BCUT2D eigenvalue weighted by atomic mass is 9.98. The molecule has 0 bridgehead atoms. The number of amides is 2. The molecule has 1 aromatic heterocycles. The highest BCUT2D eigenvalue weighted by Gasteiger charge is 2.30. The van der Waals surface area contributed by atoms with Crippen molar-refractivity contribution in [1.82, 2.24) is 15.5 Å². The van der Waals surface area contributed by atoms with Gasteiger partial charge in [0, 0.05) is 23.6 Å². The Kier molecular flexibility index (Phi) is 10.1. The van der Waals surface area contributed by atoms with Gasteiger partial charge in [0.25, 0.3) is 5.89 Å². The lowest BCUT2D eigenvalue weighted by Gasteiger charge is -2.19. The predicted octanol–water partition coefficient (Wildman–Crippen LogP) is 7.90. The molecule has 12 heteroatoms. The zero-order chi connectivity index (χ0) is 36.1. The maximum atomic E-state index is 15.4. The summed E-state index contributed by atoms with van der Waals surface area (Å²) in [6.07, 6.45) is -1.43. The number of rotatable bonds is 10. The van der Waals surface area contributed by atoms with E-state index < -0.39 is 35.6 Å². The van der Waals surface area contributed by atoms with Crippen LogP contribution in [0, 0.1) is 5.82 Å². The summed E-state index contributed by atoms with van der Waals surface area (Å²) >= 11 is 0. The first-order valence-electron chi connectivity index (χ1n) is 16.5. The second-order valence-corrected chi connectivity index (χ2v) is 12.9. The molecule has 2 amide bonds. The lowest BCUT2D eigenvalue weighted by molar-refractivity contribution is -0.145. The molecule has 2 N–H and O–H groups in total. The molecule has 0 saturated carbocycles. The van der Waals surface area contributed by atoms with Gasteiger partial charge in [-0.15, -0.1) is 0 Å². The number of hydrogen-bond acceptors (Lipinski definition) is 9. The van der Waals surface area contributed by atoms with Gasteiger partial charge >= 0.3 is 18.2 Å².